The van der Waals surface area contributed by atoms with Crippen molar-refractivity contribution >= 4 is 15.9 Å². The summed E-state index contributed by atoms with van der Waals surface area (Å²) < 4.78 is 39.3. The zero-order valence-electron chi connectivity index (χ0n) is 13.3. The molecule has 24 heavy (non-hydrogen) atoms. The molecule has 0 saturated carbocycles. The second-order valence-electron chi connectivity index (χ2n) is 5.34. The molecule has 0 radical (unpaired) electrons. The van der Waals surface area contributed by atoms with Crippen LogP contribution in [0.15, 0.2) is 59.5 Å². The number of carbonyl (C=O) groups excluding carboxylic acids is 1. The maximum absolute atomic E-state index is 12.9. The third-order valence-corrected chi connectivity index (χ3v) is 4.92. The maximum atomic E-state index is 12.9. The fourth-order valence-corrected chi connectivity index (χ4v) is 3.17. The Bertz CT molecular complexity index is 777. The third kappa shape index (κ3) is 5.14. The topological polar surface area (TPSA) is 66.5 Å². The van der Waals surface area contributed by atoms with Gasteiger partial charge in [0.1, 0.15) is 5.82 Å². The van der Waals surface area contributed by atoms with Gasteiger partial charge in [-0.15, -0.1) is 0 Å². The van der Waals surface area contributed by atoms with E-state index >= 15 is 0 Å². The van der Waals surface area contributed by atoms with E-state index in [2.05, 4.69) is 4.72 Å². The van der Waals surface area contributed by atoms with Gasteiger partial charge in [0.05, 0.1) is 4.90 Å². The largest absolute Gasteiger partial charge is 0.341 e. The van der Waals surface area contributed by atoms with E-state index in [4.69, 9.17) is 0 Å². The number of nitrogens with one attached hydrogen (secondary N) is 1. The van der Waals surface area contributed by atoms with Crippen LogP contribution in [0, 0.1) is 5.82 Å². The summed E-state index contributed by atoms with van der Waals surface area (Å²) in [6.45, 7) is 0.356. The van der Waals surface area contributed by atoms with Gasteiger partial charge in [0.25, 0.3) is 0 Å². The molecule has 0 heterocycles. The summed E-state index contributed by atoms with van der Waals surface area (Å²) in [5.74, 6) is -0.530. The van der Waals surface area contributed by atoms with Crippen LogP contribution >= 0.6 is 0 Å². The van der Waals surface area contributed by atoms with Crippen LogP contribution in [0.4, 0.5) is 4.39 Å². The molecule has 0 spiro atoms. The van der Waals surface area contributed by atoms with Gasteiger partial charge in [-0.2, -0.15) is 0 Å². The Hall–Kier alpha value is -2.25. The molecule has 1 amide bonds. The third-order valence-electron chi connectivity index (χ3n) is 3.44. The van der Waals surface area contributed by atoms with E-state index in [1.165, 1.54) is 29.2 Å². The van der Waals surface area contributed by atoms with E-state index in [1.54, 1.807) is 37.4 Å². The summed E-state index contributed by atoms with van der Waals surface area (Å²) >= 11 is 0. The standard InChI is InChI=1S/C17H19FN2O3S/c1-20(13-14-7-9-15(18)10-8-14)17(21)11-12-19-24(22,23)16-5-3-2-4-6-16/h2-10,19H,11-13H2,1H3. The quantitative estimate of drug-likeness (QED) is 0.832. The molecule has 2 aromatic rings. The summed E-state index contributed by atoms with van der Waals surface area (Å²) in [5, 5.41) is 0. The molecule has 0 saturated heterocycles. The monoisotopic (exact) mass is 350 g/mol. The zero-order chi connectivity index (χ0) is 17.6. The van der Waals surface area contributed by atoms with E-state index in [9.17, 15) is 17.6 Å². The Balaban J connectivity index is 1.83. The first-order valence-corrected chi connectivity index (χ1v) is 8.90. The predicted molar refractivity (Wildman–Crippen MR) is 89.1 cm³/mol. The fourth-order valence-electron chi connectivity index (χ4n) is 2.12. The second-order valence-corrected chi connectivity index (χ2v) is 7.10. The van der Waals surface area contributed by atoms with Crippen LogP contribution in [0.25, 0.3) is 0 Å². The van der Waals surface area contributed by atoms with Gasteiger partial charge in [-0.05, 0) is 29.8 Å². The molecule has 0 aliphatic heterocycles. The molecule has 0 atom stereocenters. The minimum Gasteiger partial charge on any atom is -0.341 e. The van der Waals surface area contributed by atoms with Crippen molar-refractivity contribution in [3.05, 3.63) is 66.0 Å². The SMILES string of the molecule is CN(Cc1ccc(F)cc1)C(=O)CCNS(=O)(=O)c1ccccc1. The minimum absolute atomic E-state index is 0.0177. The van der Waals surface area contributed by atoms with Crippen molar-refractivity contribution in [2.24, 2.45) is 0 Å². The van der Waals surface area contributed by atoms with Crippen molar-refractivity contribution < 1.29 is 17.6 Å². The van der Waals surface area contributed by atoms with E-state index in [0.29, 0.717) is 6.54 Å². The van der Waals surface area contributed by atoms with Crippen molar-refractivity contribution in [1.82, 2.24) is 9.62 Å². The first-order chi connectivity index (χ1) is 11.4. The van der Waals surface area contributed by atoms with Gasteiger partial charge in [0, 0.05) is 26.6 Å². The molecule has 0 unspecified atom stereocenters. The number of amides is 1. The molecule has 128 valence electrons. The lowest BCUT2D eigenvalue weighted by molar-refractivity contribution is -0.130. The van der Waals surface area contributed by atoms with Crippen molar-refractivity contribution in [3.8, 4) is 0 Å². The van der Waals surface area contributed by atoms with Gasteiger partial charge < -0.3 is 4.90 Å². The molecule has 5 nitrogen and oxygen atoms in total. The number of halogens is 1. The Labute approximate surface area is 141 Å². The Morgan fingerprint density at radius 1 is 1.08 bits per heavy atom. The Morgan fingerprint density at radius 2 is 1.71 bits per heavy atom. The van der Waals surface area contributed by atoms with Gasteiger partial charge in [0.2, 0.25) is 15.9 Å². The molecular weight excluding hydrogens is 331 g/mol. The van der Waals surface area contributed by atoms with Gasteiger partial charge in [-0.25, -0.2) is 17.5 Å². The summed E-state index contributed by atoms with van der Waals surface area (Å²) in [6, 6.07) is 13.9. The lowest BCUT2D eigenvalue weighted by Crippen LogP contribution is -2.31. The average Bonchev–Trinajstić information content (AvgIpc) is 2.57. The van der Waals surface area contributed by atoms with Crippen LogP contribution < -0.4 is 4.72 Å². The number of hydrogen-bond acceptors (Lipinski definition) is 3. The number of nitrogens with zero attached hydrogens (tertiary/aromatic N) is 1. The van der Waals surface area contributed by atoms with Crippen LogP contribution in [-0.4, -0.2) is 32.8 Å². The number of carbonyl (C=O) groups is 1. The molecule has 2 aromatic carbocycles. The average molecular weight is 350 g/mol. The first-order valence-electron chi connectivity index (χ1n) is 7.41. The molecule has 0 aromatic heterocycles. The molecule has 7 heteroatoms. The number of rotatable bonds is 7. The number of sulfonamides is 1. The lowest BCUT2D eigenvalue weighted by Gasteiger charge is -2.17. The van der Waals surface area contributed by atoms with Crippen molar-refractivity contribution in [2.75, 3.05) is 13.6 Å². The van der Waals surface area contributed by atoms with Gasteiger partial charge in [-0.3, -0.25) is 4.79 Å². The summed E-state index contributed by atoms with van der Waals surface area (Å²) in [7, 11) is -1.99. The van der Waals surface area contributed by atoms with Gasteiger partial charge >= 0.3 is 0 Å². The minimum atomic E-state index is -3.61. The van der Waals surface area contributed by atoms with Gasteiger partial charge in [0.15, 0.2) is 0 Å². The van der Waals surface area contributed by atoms with Crippen LogP contribution in [0.3, 0.4) is 0 Å². The molecule has 0 aliphatic rings. The first kappa shape index (κ1) is 18.1. The van der Waals surface area contributed by atoms with Crippen LogP contribution in [-0.2, 0) is 21.4 Å². The van der Waals surface area contributed by atoms with Crippen LogP contribution in [0.5, 0.6) is 0 Å². The molecule has 1 N–H and O–H groups in total. The highest BCUT2D eigenvalue weighted by atomic mass is 32.2. The van der Waals surface area contributed by atoms with E-state index in [-0.39, 0.29) is 29.6 Å². The van der Waals surface area contributed by atoms with Crippen LogP contribution in [0.1, 0.15) is 12.0 Å². The highest BCUT2D eigenvalue weighted by Gasteiger charge is 2.15. The highest BCUT2D eigenvalue weighted by molar-refractivity contribution is 7.89. The molecule has 0 aliphatic carbocycles. The molecule has 0 bridgehead atoms. The molecule has 2 rings (SSSR count). The van der Waals surface area contributed by atoms with E-state index in [0.717, 1.165) is 5.56 Å². The number of benzene rings is 2. The normalized spacial score (nSPS) is 11.2. The van der Waals surface area contributed by atoms with Crippen molar-refractivity contribution in [1.29, 1.82) is 0 Å². The van der Waals surface area contributed by atoms with Gasteiger partial charge in [-0.1, -0.05) is 30.3 Å². The lowest BCUT2D eigenvalue weighted by atomic mass is 10.2. The summed E-state index contributed by atoms with van der Waals surface area (Å²) in [6.07, 6.45) is 0.0454. The van der Waals surface area contributed by atoms with Crippen molar-refractivity contribution in [3.63, 3.8) is 0 Å². The molecular formula is C17H19FN2O3S. The zero-order valence-corrected chi connectivity index (χ0v) is 14.1. The van der Waals surface area contributed by atoms with E-state index < -0.39 is 10.0 Å². The predicted octanol–water partition coefficient (Wildman–Crippen LogP) is 2.15. The van der Waals surface area contributed by atoms with E-state index in [1.807, 2.05) is 0 Å². The highest BCUT2D eigenvalue weighted by Crippen LogP contribution is 2.08. The smallest absolute Gasteiger partial charge is 0.240 e. The Morgan fingerprint density at radius 3 is 2.33 bits per heavy atom. The maximum Gasteiger partial charge on any atom is 0.240 e. The summed E-state index contributed by atoms with van der Waals surface area (Å²) in [5.41, 5.74) is 0.803. The summed E-state index contributed by atoms with van der Waals surface area (Å²) in [4.78, 5) is 13.7. The molecule has 0 fully saturated rings. The Kier molecular flexibility index (Phi) is 6.05. The van der Waals surface area contributed by atoms with Crippen LogP contribution in [0.2, 0.25) is 0 Å². The second kappa shape index (κ2) is 8.03. The fraction of sp³-hybridized carbons (Fsp3) is 0.235. The number of hydrogen-bond donors (Lipinski definition) is 1. The van der Waals surface area contributed by atoms with Crippen molar-refractivity contribution in [2.45, 2.75) is 17.9 Å².